The highest BCUT2D eigenvalue weighted by Crippen LogP contribution is 2.31. The normalized spacial score (nSPS) is 20.2. The van der Waals surface area contributed by atoms with Gasteiger partial charge in [0.15, 0.2) is 0 Å². The van der Waals surface area contributed by atoms with Gasteiger partial charge in [-0.15, -0.1) is 0 Å². The molecular weight excluding hydrogens is 236 g/mol. The summed E-state index contributed by atoms with van der Waals surface area (Å²) in [4.78, 5) is 6.88. The lowest BCUT2D eigenvalue weighted by Crippen LogP contribution is -2.52. The van der Waals surface area contributed by atoms with Crippen LogP contribution in [-0.4, -0.2) is 33.6 Å². The quantitative estimate of drug-likeness (QED) is 0.907. The molecule has 0 bridgehead atoms. The van der Waals surface area contributed by atoms with Gasteiger partial charge in [0.1, 0.15) is 5.82 Å². The fourth-order valence-corrected chi connectivity index (χ4v) is 3.23. The average molecular weight is 264 g/mol. The second-order valence-corrected chi connectivity index (χ2v) is 6.01. The Kier molecular flexibility index (Phi) is 4.99. The molecule has 1 fully saturated rings. The summed E-state index contributed by atoms with van der Waals surface area (Å²) in [6, 6.07) is 0. The molecule has 0 atom stereocenters. The fraction of sp³-hybridized carbons (Fsp3) is 0.800. The highest BCUT2D eigenvalue weighted by atomic mass is 15.2. The maximum absolute atomic E-state index is 6.16. The van der Waals surface area contributed by atoms with E-state index in [9.17, 15) is 0 Å². The van der Waals surface area contributed by atoms with Gasteiger partial charge in [-0.3, -0.25) is 4.90 Å². The Morgan fingerprint density at radius 3 is 2.42 bits per heavy atom. The molecular formula is C15H28N4. The van der Waals surface area contributed by atoms with Gasteiger partial charge in [0.05, 0.1) is 6.54 Å². The molecule has 1 heterocycles. The number of nitrogens with two attached hydrogens (primary N) is 1. The van der Waals surface area contributed by atoms with Crippen molar-refractivity contribution in [3.05, 3.63) is 18.2 Å². The van der Waals surface area contributed by atoms with Gasteiger partial charge in [-0.1, -0.05) is 32.1 Å². The van der Waals surface area contributed by atoms with Crippen LogP contribution in [0.5, 0.6) is 0 Å². The predicted octanol–water partition coefficient (Wildman–Crippen LogP) is 2.29. The summed E-state index contributed by atoms with van der Waals surface area (Å²) < 4.78 is 2.10. The van der Waals surface area contributed by atoms with Gasteiger partial charge in [0.2, 0.25) is 0 Å². The molecule has 1 saturated carbocycles. The fourth-order valence-electron chi connectivity index (χ4n) is 3.23. The van der Waals surface area contributed by atoms with Gasteiger partial charge in [-0.05, 0) is 19.9 Å². The Labute approximate surface area is 117 Å². The van der Waals surface area contributed by atoms with Crippen LogP contribution in [0.3, 0.4) is 0 Å². The standard InChI is InChI=1S/C15H28N4/c1-18-11-10-17-14(18)12-19(2)15(13-16)8-6-4-3-5-7-9-15/h10-11H,3-9,12-13,16H2,1-2H3. The van der Waals surface area contributed by atoms with Gasteiger partial charge < -0.3 is 10.3 Å². The van der Waals surface area contributed by atoms with Gasteiger partial charge in [-0.25, -0.2) is 4.98 Å². The minimum absolute atomic E-state index is 0.173. The van der Waals surface area contributed by atoms with Crippen LogP contribution >= 0.6 is 0 Å². The van der Waals surface area contributed by atoms with E-state index in [-0.39, 0.29) is 5.54 Å². The number of likely N-dealkylation sites (N-methyl/N-ethyl adjacent to an activating group) is 1. The molecule has 0 aliphatic heterocycles. The second-order valence-electron chi connectivity index (χ2n) is 6.01. The van der Waals surface area contributed by atoms with E-state index in [1.54, 1.807) is 0 Å². The Balaban J connectivity index is 2.07. The third-order valence-electron chi connectivity index (χ3n) is 4.77. The molecule has 19 heavy (non-hydrogen) atoms. The molecule has 1 aromatic heterocycles. The van der Waals surface area contributed by atoms with Crippen LogP contribution < -0.4 is 5.73 Å². The zero-order chi connectivity index (χ0) is 13.7. The Bertz CT molecular complexity index is 377. The number of aryl methyl sites for hydroxylation is 1. The maximum atomic E-state index is 6.16. The van der Waals surface area contributed by atoms with E-state index in [4.69, 9.17) is 5.73 Å². The van der Waals surface area contributed by atoms with E-state index < -0.39 is 0 Å². The van der Waals surface area contributed by atoms with Crippen molar-refractivity contribution in [1.82, 2.24) is 14.5 Å². The number of hydrogen-bond acceptors (Lipinski definition) is 3. The minimum Gasteiger partial charge on any atom is -0.337 e. The smallest absolute Gasteiger partial charge is 0.122 e. The zero-order valence-electron chi connectivity index (χ0n) is 12.4. The van der Waals surface area contributed by atoms with Gasteiger partial charge in [-0.2, -0.15) is 0 Å². The minimum atomic E-state index is 0.173. The number of hydrogen-bond donors (Lipinski definition) is 1. The predicted molar refractivity (Wildman–Crippen MR) is 78.8 cm³/mol. The molecule has 0 amide bonds. The molecule has 4 heteroatoms. The lowest BCUT2D eigenvalue weighted by Gasteiger charge is -2.42. The van der Waals surface area contributed by atoms with E-state index in [2.05, 4.69) is 28.5 Å². The number of imidazole rings is 1. The molecule has 4 nitrogen and oxygen atoms in total. The monoisotopic (exact) mass is 264 g/mol. The molecule has 0 radical (unpaired) electrons. The maximum Gasteiger partial charge on any atom is 0.122 e. The first-order valence-corrected chi connectivity index (χ1v) is 7.55. The van der Waals surface area contributed by atoms with Crippen LogP contribution in [0.25, 0.3) is 0 Å². The molecule has 0 aromatic carbocycles. The summed E-state index contributed by atoms with van der Waals surface area (Å²) in [7, 11) is 4.27. The summed E-state index contributed by atoms with van der Waals surface area (Å²) >= 11 is 0. The van der Waals surface area contributed by atoms with Crippen molar-refractivity contribution in [2.24, 2.45) is 12.8 Å². The van der Waals surface area contributed by atoms with Gasteiger partial charge in [0, 0.05) is 31.5 Å². The Hall–Kier alpha value is -0.870. The molecule has 0 unspecified atom stereocenters. The third kappa shape index (κ3) is 3.37. The van der Waals surface area contributed by atoms with Crippen molar-refractivity contribution < 1.29 is 0 Å². The van der Waals surface area contributed by atoms with Crippen molar-refractivity contribution in [3.63, 3.8) is 0 Å². The largest absolute Gasteiger partial charge is 0.337 e. The lowest BCUT2D eigenvalue weighted by atomic mass is 9.82. The number of nitrogens with zero attached hydrogens (tertiary/aromatic N) is 3. The Morgan fingerprint density at radius 2 is 1.89 bits per heavy atom. The summed E-state index contributed by atoms with van der Waals surface area (Å²) in [5, 5.41) is 0. The topological polar surface area (TPSA) is 47.1 Å². The molecule has 1 aliphatic carbocycles. The van der Waals surface area contributed by atoms with E-state index in [1.807, 2.05) is 12.4 Å². The van der Waals surface area contributed by atoms with E-state index in [0.29, 0.717) is 0 Å². The average Bonchev–Trinajstić information content (AvgIpc) is 2.75. The summed E-state index contributed by atoms with van der Waals surface area (Å²) in [5.74, 6) is 1.12. The van der Waals surface area contributed by atoms with Crippen LogP contribution in [0.4, 0.5) is 0 Å². The van der Waals surface area contributed by atoms with E-state index in [0.717, 1.165) is 18.9 Å². The van der Waals surface area contributed by atoms with Crippen molar-refractivity contribution in [2.75, 3.05) is 13.6 Å². The first-order valence-electron chi connectivity index (χ1n) is 7.55. The number of aromatic nitrogens is 2. The molecule has 2 N–H and O–H groups in total. The van der Waals surface area contributed by atoms with Crippen molar-refractivity contribution >= 4 is 0 Å². The molecule has 2 rings (SSSR count). The van der Waals surface area contributed by atoms with E-state index >= 15 is 0 Å². The zero-order valence-corrected chi connectivity index (χ0v) is 12.4. The van der Waals surface area contributed by atoms with Gasteiger partial charge >= 0.3 is 0 Å². The second kappa shape index (κ2) is 6.53. The SMILES string of the molecule is CN(Cc1nccn1C)C1(CN)CCCCCCC1. The molecule has 0 saturated heterocycles. The molecule has 1 aromatic rings. The molecule has 1 aliphatic rings. The van der Waals surface area contributed by atoms with Crippen molar-refractivity contribution in [3.8, 4) is 0 Å². The summed E-state index contributed by atoms with van der Waals surface area (Å²) in [5.41, 5.74) is 6.33. The third-order valence-corrected chi connectivity index (χ3v) is 4.77. The van der Waals surface area contributed by atoms with Crippen LogP contribution in [-0.2, 0) is 13.6 Å². The van der Waals surface area contributed by atoms with Crippen LogP contribution in [0.1, 0.15) is 50.8 Å². The van der Waals surface area contributed by atoms with Crippen LogP contribution in [0, 0.1) is 0 Å². The van der Waals surface area contributed by atoms with E-state index in [1.165, 1.54) is 44.9 Å². The Morgan fingerprint density at radius 1 is 1.26 bits per heavy atom. The van der Waals surface area contributed by atoms with Crippen molar-refractivity contribution in [1.29, 1.82) is 0 Å². The first kappa shape index (κ1) is 14.5. The highest BCUT2D eigenvalue weighted by molar-refractivity contribution is 4.96. The molecule has 0 spiro atoms. The summed E-state index contributed by atoms with van der Waals surface area (Å²) in [6.07, 6.45) is 13.1. The first-order chi connectivity index (χ1) is 9.18. The lowest BCUT2D eigenvalue weighted by molar-refractivity contribution is 0.0832. The van der Waals surface area contributed by atoms with Crippen molar-refractivity contribution in [2.45, 2.75) is 57.0 Å². The van der Waals surface area contributed by atoms with Crippen LogP contribution in [0.2, 0.25) is 0 Å². The van der Waals surface area contributed by atoms with Gasteiger partial charge in [0.25, 0.3) is 0 Å². The molecule has 108 valence electrons. The van der Waals surface area contributed by atoms with Crippen LogP contribution in [0.15, 0.2) is 12.4 Å². The highest BCUT2D eigenvalue weighted by Gasteiger charge is 2.33. The number of rotatable bonds is 4. The summed E-state index contributed by atoms with van der Waals surface area (Å²) in [6.45, 7) is 1.65.